The molecule has 3 fully saturated rings. The predicted octanol–water partition coefficient (Wildman–Crippen LogP) is 15.7. The van der Waals surface area contributed by atoms with Crippen molar-refractivity contribution < 1.29 is 61.5 Å². The van der Waals surface area contributed by atoms with Crippen LogP contribution < -0.4 is 32.5 Å². The zero-order valence-corrected chi connectivity index (χ0v) is 68.3. The minimum Gasteiger partial charge on any atom is -0.478 e. The van der Waals surface area contributed by atoms with E-state index in [0.29, 0.717) is 73.4 Å². The number of halogens is 4. The summed E-state index contributed by atoms with van der Waals surface area (Å²) < 4.78 is 57.8. The van der Waals surface area contributed by atoms with Gasteiger partial charge >= 0.3 is 19.1 Å². The van der Waals surface area contributed by atoms with Crippen LogP contribution in [0, 0.1) is 38.2 Å². The van der Waals surface area contributed by atoms with Gasteiger partial charge in [0, 0.05) is 78.9 Å². The third kappa shape index (κ3) is 18.2. The number of carboxylic acids is 2. The third-order valence-electron chi connectivity index (χ3n) is 21.4. The molecule has 8 N–H and O–H groups in total. The van der Waals surface area contributed by atoms with E-state index in [-0.39, 0.29) is 57.7 Å². The molecule has 17 rings (SSSR count). The molecule has 8 aromatic heterocycles. The number of carbonyl (C=O) groups is 6. The summed E-state index contributed by atoms with van der Waals surface area (Å²) in [7, 11) is 4.13. The zero-order chi connectivity index (χ0) is 85.0. The van der Waals surface area contributed by atoms with E-state index >= 15 is 0 Å². The van der Waals surface area contributed by atoms with Crippen LogP contribution in [0.15, 0.2) is 236 Å². The standard InChI is InChI=1S/C31H26FN5O2.C23H18FN3O3.C15H11BrFN3O.C14H19BO4.C8H10N2/c1-19-6-7-21(29(38)36-31(14-15-31)25-5-3-4-16-34-25)17-24(19)22-10-13-26-35-27(20-8-11-23(32)12-9-20)28(30(39)33-2)37(26)18-22;1-13-3-4-15(23(29)30)11-18(13)16-7-10-19-26-20(14-5-8-17(24)9-6-14)21(22(28)25-2)27(19)12-16;1-18-15(21)14-13(9-2-5-11(17)6-3-9)19-12-7-4-10(16)8-20(12)14;1-9-6-7-10(12(16)17)8-11(9)15-18-13(2,3)14(4,5)19-15;9-8(4-5-8)7-3-1-2-6-10-7/h3-13,16-18H,14-15H2,1-2H3,(H,33,39)(H,36,38);3-12H,1-2H3,(H,25,28)(H,29,30);2-8H,1H3,(H,18,21);6-8H,1-5H3,(H,16,17);1-3,6H,4-5,9H2. The fourth-order valence-corrected chi connectivity index (χ4v) is 13.9. The summed E-state index contributed by atoms with van der Waals surface area (Å²) in [5.41, 5.74) is 20.5. The number of imidazole rings is 3. The highest BCUT2D eigenvalue weighted by molar-refractivity contribution is 9.10. The molecule has 9 heterocycles. The molecule has 23 nitrogen and oxygen atoms in total. The van der Waals surface area contributed by atoms with Crippen molar-refractivity contribution >= 4 is 81.0 Å². The minimum atomic E-state index is -1.01. The fraction of sp³-hybridized carbons (Fsp3) is 0.198. The van der Waals surface area contributed by atoms with Crippen LogP contribution in [0.4, 0.5) is 13.2 Å². The Hall–Kier alpha value is -13.3. The van der Waals surface area contributed by atoms with Crippen molar-refractivity contribution in [2.75, 3.05) is 21.1 Å². The van der Waals surface area contributed by atoms with Gasteiger partial charge in [-0.25, -0.2) is 37.7 Å². The molecule has 3 aliphatic rings. The van der Waals surface area contributed by atoms with Crippen molar-refractivity contribution in [2.24, 2.45) is 5.73 Å². The summed E-state index contributed by atoms with van der Waals surface area (Å²) in [6.45, 7) is 13.7. The molecule has 28 heteroatoms. The summed E-state index contributed by atoms with van der Waals surface area (Å²) in [6.07, 6.45) is 12.8. The highest BCUT2D eigenvalue weighted by atomic mass is 79.9. The van der Waals surface area contributed by atoms with Crippen molar-refractivity contribution in [3.63, 3.8) is 0 Å². The number of nitrogens with one attached hydrogen (secondary N) is 4. The molecule has 2 aliphatic carbocycles. The van der Waals surface area contributed by atoms with Gasteiger partial charge in [0.25, 0.3) is 23.6 Å². The molecule has 0 unspecified atom stereocenters. The number of carbonyl (C=O) groups excluding carboxylic acids is 4. The van der Waals surface area contributed by atoms with Crippen LogP contribution in [0.1, 0.15) is 144 Å². The highest BCUT2D eigenvalue weighted by Gasteiger charge is 2.52. The molecule has 0 atom stereocenters. The van der Waals surface area contributed by atoms with Crippen LogP contribution in [0.3, 0.4) is 0 Å². The first-order valence-electron chi connectivity index (χ1n) is 38.1. The van der Waals surface area contributed by atoms with Crippen LogP contribution in [-0.2, 0) is 20.4 Å². The zero-order valence-electron chi connectivity index (χ0n) is 66.7. The lowest BCUT2D eigenvalue weighted by Crippen LogP contribution is -2.41. The first-order valence-corrected chi connectivity index (χ1v) is 38.9. The van der Waals surface area contributed by atoms with Crippen molar-refractivity contribution in [1.29, 1.82) is 0 Å². The molecule has 6 aromatic carbocycles. The Labute approximate surface area is 692 Å². The quantitative estimate of drug-likeness (QED) is 0.0469. The molecule has 2 saturated carbocycles. The number of aryl methyl sites for hydroxylation is 3. The molecule has 0 radical (unpaired) electrons. The number of hydrogen-bond acceptors (Lipinski definition) is 14. The number of rotatable bonds is 15. The van der Waals surface area contributed by atoms with Gasteiger partial charge in [0.05, 0.1) is 44.8 Å². The predicted molar refractivity (Wildman–Crippen MR) is 453 cm³/mol. The van der Waals surface area contributed by atoms with Crippen molar-refractivity contribution in [3.05, 3.63) is 315 Å². The third-order valence-corrected chi connectivity index (χ3v) is 21.8. The molecular formula is C91H84BBrF3N13O10. The van der Waals surface area contributed by atoms with Gasteiger partial charge in [0.2, 0.25) is 0 Å². The molecule has 1 saturated heterocycles. The summed E-state index contributed by atoms with van der Waals surface area (Å²) in [5, 5.41) is 29.5. The SMILES string of the molecule is CNC(=O)c1c(-c2ccc(F)cc2)nc2ccc(-c3cc(C(=O)NC4(c5ccccn5)CC4)ccc3C)cn12.CNC(=O)c1c(-c2ccc(F)cc2)nc2ccc(-c3cc(C(=O)O)ccc3C)cn12.CNC(=O)c1c(-c2ccc(F)cc2)nc2ccc(Br)cn12.Cc1ccc(C(=O)O)cc1B1OC(C)(C)C(C)(C)O1.NC1(c2ccccn2)CC1. The van der Waals surface area contributed by atoms with Gasteiger partial charge in [-0.3, -0.25) is 42.3 Å². The van der Waals surface area contributed by atoms with E-state index in [1.54, 1.807) is 131 Å². The van der Waals surface area contributed by atoms with E-state index in [1.807, 2.05) is 140 Å². The molecule has 4 amide bonds. The lowest BCUT2D eigenvalue weighted by molar-refractivity contribution is 0.00578. The first kappa shape index (κ1) is 83.7. The molecular weight excluding hydrogens is 1580 g/mol. The molecule has 1 aliphatic heterocycles. The van der Waals surface area contributed by atoms with Gasteiger partial charge < -0.3 is 46.5 Å². The summed E-state index contributed by atoms with van der Waals surface area (Å²) in [4.78, 5) is 95.9. The van der Waals surface area contributed by atoms with Crippen molar-refractivity contribution in [2.45, 2.75) is 96.4 Å². The van der Waals surface area contributed by atoms with Gasteiger partial charge in [0.15, 0.2) is 0 Å². The van der Waals surface area contributed by atoms with E-state index < -0.39 is 35.8 Å². The van der Waals surface area contributed by atoms with Crippen molar-refractivity contribution in [1.82, 2.24) is 59.4 Å². The van der Waals surface area contributed by atoms with Crippen LogP contribution in [0.2, 0.25) is 0 Å². The van der Waals surface area contributed by atoms with E-state index in [1.165, 1.54) is 43.4 Å². The van der Waals surface area contributed by atoms with E-state index in [0.717, 1.165) is 86.0 Å². The Kier molecular flexibility index (Phi) is 24.3. The normalized spacial score (nSPS) is 14.2. The molecule has 14 aromatic rings. The van der Waals surface area contributed by atoms with Gasteiger partial charge in [-0.2, -0.15) is 0 Å². The average molecular weight is 1670 g/mol. The van der Waals surface area contributed by atoms with Crippen LogP contribution >= 0.6 is 15.9 Å². The molecule has 0 spiro atoms. The van der Waals surface area contributed by atoms with Gasteiger partial charge in [-0.15, -0.1) is 0 Å². The maximum atomic E-state index is 13.5. The Bertz CT molecular complexity index is 6200. The largest absolute Gasteiger partial charge is 0.495 e. The number of amides is 4. The molecule has 0 bridgehead atoms. The summed E-state index contributed by atoms with van der Waals surface area (Å²) in [5.74, 6) is -4.08. The number of aromatic nitrogens is 8. The van der Waals surface area contributed by atoms with E-state index in [9.17, 15) is 47.0 Å². The molecule has 604 valence electrons. The van der Waals surface area contributed by atoms with Crippen LogP contribution in [0.25, 0.3) is 73.0 Å². The number of nitrogens with zero attached hydrogens (tertiary/aromatic N) is 8. The van der Waals surface area contributed by atoms with E-state index in [2.05, 4.69) is 62.1 Å². The average Bonchev–Trinajstić information content (AvgIpc) is 1.66. The fourth-order valence-electron chi connectivity index (χ4n) is 13.6. The Morgan fingerprint density at radius 1 is 0.445 bits per heavy atom. The molecule has 119 heavy (non-hydrogen) atoms. The topological polar surface area (TPSA) is 313 Å². The monoisotopic (exact) mass is 1670 g/mol. The smallest absolute Gasteiger partial charge is 0.478 e. The Morgan fingerprint density at radius 3 is 1.20 bits per heavy atom. The van der Waals surface area contributed by atoms with E-state index in [4.69, 9.17) is 20.1 Å². The minimum absolute atomic E-state index is 0.0682. The lowest BCUT2D eigenvalue weighted by atomic mass is 9.75. The number of carboxylic acid groups (broad SMARTS) is 2. The van der Waals surface area contributed by atoms with Gasteiger partial charge in [-0.1, -0.05) is 35.9 Å². The summed E-state index contributed by atoms with van der Waals surface area (Å²) >= 11 is 3.38. The second-order valence-electron chi connectivity index (χ2n) is 30.0. The first-order chi connectivity index (χ1) is 56.8. The highest BCUT2D eigenvalue weighted by Crippen LogP contribution is 2.45. The van der Waals surface area contributed by atoms with Crippen LogP contribution in [0.5, 0.6) is 0 Å². The Balaban J connectivity index is 0.000000136. The number of hydrogen-bond donors (Lipinski definition) is 7. The second kappa shape index (κ2) is 34.5. The maximum Gasteiger partial charge on any atom is 0.495 e. The van der Waals surface area contributed by atoms with Crippen molar-refractivity contribution in [3.8, 4) is 56.0 Å². The Morgan fingerprint density at radius 2 is 0.815 bits per heavy atom. The summed E-state index contributed by atoms with van der Waals surface area (Å²) in [6, 6.07) is 55.8. The van der Waals surface area contributed by atoms with Crippen LogP contribution in [-0.4, -0.2) is 123 Å². The number of fused-ring (bicyclic) bond motifs is 3. The van der Waals surface area contributed by atoms with Gasteiger partial charge in [0.1, 0.15) is 68.6 Å². The number of aromatic carboxylic acids is 2. The number of nitrogens with two attached hydrogens (primary N) is 1. The lowest BCUT2D eigenvalue weighted by Gasteiger charge is -2.32. The number of benzene rings is 6. The number of pyridine rings is 5. The second-order valence-corrected chi connectivity index (χ2v) is 30.9. The maximum absolute atomic E-state index is 13.5. The van der Waals surface area contributed by atoms with Gasteiger partial charge in [-0.05, 0) is 299 Å².